The van der Waals surface area contributed by atoms with E-state index < -0.39 is 0 Å². The highest BCUT2D eigenvalue weighted by molar-refractivity contribution is 9.10. The highest BCUT2D eigenvalue weighted by Crippen LogP contribution is 2.30. The van der Waals surface area contributed by atoms with Gasteiger partial charge in [0.2, 0.25) is 0 Å². The van der Waals surface area contributed by atoms with E-state index in [4.69, 9.17) is 5.73 Å². The van der Waals surface area contributed by atoms with E-state index in [0.717, 1.165) is 10.0 Å². The molecule has 0 bridgehead atoms. The number of aromatic amines is 1. The maximum atomic E-state index is 13.5. The zero-order chi connectivity index (χ0) is 13.6. The Hall–Kier alpha value is -1.40. The third-order valence-corrected chi connectivity index (χ3v) is 3.90. The van der Waals surface area contributed by atoms with Crippen molar-refractivity contribution in [3.05, 3.63) is 45.1 Å². The Labute approximate surface area is 125 Å². The van der Waals surface area contributed by atoms with Crippen molar-refractivity contribution in [2.24, 2.45) is 0 Å². The van der Waals surface area contributed by atoms with Crippen molar-refractivity contribution in [1.82, 2.24) is 9.97 Å². The average molecular weight is 385 g/mol. The molecule has 0 aliphatic rings. The normalized spacial score (nSPS) is 11.1. The van der Waals surface area contributed by atoms with E-state index in [1.54, 1.807) is 12.1 Å². The summed E-state index contributed by atoms with van der Waals surface area (Å²) in [4.78, 5) is 7.51. The van der Waals surface area contributed by atoms with E-state index in [0.29, 0.717) is 27.0 Å². The predicted octanol–water partition coefficient (Wildman–Crippen LogP) is 4.48. The fourth-order valence-corrected chi connectivity index (χ4v) is 2.56. The number of aromatic nitrogens is 2. The highest BCUT2D eigenvalue weighted by atomic mass is 79.9. The quantitative estimate of drug-likeness (QED) is 0.608. The van der Waals surface area contributed by atoms with E-state index >= 15 is 0 Å². The number of nitrogens with one attached hydrogen (secondary N) is 1. The summed E-state index contributed by atoms with van der Waals surface area (Å²) in [6.45, 7) is 0. The van der Waals surface area contributed by atoms with Crippen LogP contribution in [0.3, 0.4) is 0 Å². The molecule has 19 heavy (non-hydrogen) atoms. The van der Waals surface area contributed by atoms with Gasteiger partial charge in [0.05, 0.1) is 15.5 Å². The number of nitrogens with two attached hydrogens (primary N) is 1. The summed E-state index contributed by atoms with van der Waals surface area (Å²) < 4.78 is 14.8. The lowest BCUT2D eigenvalue weighted by Gasteiger charge is -2.02. The van der Waals surface area contributed by atoms with Gasteiger partial charge in [-0.1, -0.05) is 15.9 Å². The number of imidazole rings is 1. The van der Waals surface area contributed by atoms with Crippen LogP contribution < -0.4 is 5.73 Å². The molecule has 0 aliphatic carbocycles. The molecule has 1 aromatic heterocycles. The van der Waals surface area contributed by atoms with Gasteiger partial charge in [0.15, 0.2) is 0 Å². The molecule has 0 spiro atoms. The smallest absolute Gasteiger partial charge is 0.140 e. The van der Waals surface area contributed by atoms with E-state index in [1.807, 2.05) is 12.1 Å². The van der Waals surface area contributed by atoms with Gasteiger partial charge in [-0.15, -0.1) is 0 Å². The Balaban J connectivity index is 2.23. The van der Waals surface area contributed by atoms with Crippen LogP contribution in [-0.4, -0.2) is 9.97 Å². The maximum absolute atomic E-state index is 13.5. The molecule has 3 N–H and O–H groups in total. The largest absolute Gasteiger partial charge is 0.398 e. The van der Waals surface area contributed by atoms with Crippen molar-refractivity contribution in [2.75, 3.05) is 5.73 Å². The van der Waals surface area contributed by atoms with E-state index in [1.165, 1.54) is 6.07 Å². The first kappa shape index (κ1) is 12.6. The number of benzene rings is 2. The number of fused-ring (bicyclic) bond motifs is 1. The van der Waals surface area contributed by atoms with Gasteiger partial charge in [-0.25, -0.2) is 9.37 Å². The Morgan fingerprint density at radius 2 is 1.95 bits per heavy atom. The molecule has 0 amide bonds. The molecule has 0 atom stereocenters. The topological polar surface area (TPSA) is 54.7 Å². The number of nitrogen functional groups attached to an aromatic ring is 1. The first-order chi connectivity index (χ1) is 9.04. The van der Waals surface area contributed by atoms with Crippen molar-refractivity contribution in [3.8, 4) is 11.4 Å². The molecule has 0 unspecified atom stereocenters. The fourth-order valence-electron chi connectivity index (χ4n) is 1.87. The molecule has 0 radical (unpaired) electrons. The molecule has 1 heterocycles. The van der Waals surface area contributed by atoms with Crippen LogP contribution >= 0.6 is 31.9 Å². The summed E-state index contributed by atoms with van der Waals surface area (Å²) in [6, 6.07) is 8.57. The number of hydrogen-bond donors (Lipinski definition) is 2. The zero-order valence-electron chi connectivity index (χ0n) is 9.55. The average Bonchev–Trinajstić information content (AvgIpc) is 2.75. The molecule has 0 fully saturated rings. The minimum atomic E-state index is -0.329. The maximum Gasteiger partial charge on any atom is 0.140 e. The number of H-pyrrole nitrogens is 1. The second kappa shape index (κ2) is 4.61. The summed E-state index contributed by atoms with van der Waals surface area (Å²) in [5.41, 5.74) is 8.65. The second-order valence-corrected chi connectivity index (χ2v) is 5.87. The van der Waals surface area contributed by atoms with Gasteiger partial charge >= 0.3 is 0 Å². The first-order valence-corrected chi connectivity index (χ1v) is 7.03. The summed E-state index contributed by atoms with van der Waals surface area (Å²) in [7, 11) is 0. The van der Waals surface area contributed by atoms with Gasteiger partial charge in [0, 0.05) is 21.8 Å². The Kier molecular flexibility index (Phi) is 3.06. The van der Waals surface area contributed by atoms with Crippen LogP contribution in [0.15, 0.2) is 39.3 Å². The van der Waals surface area contributed by atoms with Crippen molar-refractivity contribution < 1.29 is 4.39 Å². The van der Waals surface area contributed by atoms with Gasteiger partial charge in [0.1, 0.15) is 11.6 Å². The molecule has 3 nitrogen and oxygen atoms in total. The van der Waals surface area contributed by atoms with Crippen molar-refractivity contribution >= 4 is 48.6 Å². The van der Waals surface area contributed by atoms with Crippen LogP contribution in [0.5, 0.6) is 0 Å². The van der Waals surface area contributed by atoms with Crippen molar-refractivity contribution in [3.63, 3.8) is 0 Å². The molecular formula is C13H8Br2FN3. The minimum absolute atomic E-state index is 0.329. The third kappa shape index (κ3) is 2.26. The fraction of sp³-hybridized carbons (Fsp3) is 0. The summed E-state index contributed by atoms with van der Waals surface area (Å²) in [6.07, 6.45) is 0. The molecular weight excluding hydrogens is 377 g/mol. The summed E-state index contributed by atoms with van der Waals surface area (Å²) in [5, 5.41) is 0. The molecule has 0 saturated carbocycles. The number of hydrogen-bond acceptors (Lipinski definition) is 2. The lowest BCUT2D eigenvalue weighted by atomic mass is 10.2. The Morgan fingerprint density at radius 1 is 1.16 bits per heavy atom. The molecule has 2 aromatic carbocycles. The van der Waals surface area contributed by atoms with Gasteiger partial charge < -0.3 is 10.7 Å². The molecule has 0 aliphatic heterocycles. The number of halogens is 3. The Morgan fingerprint density at radius 3 is 2.74 bits per heavy atom. The third-order valence-electron chi connectivity index (χ3n) is 2.79. The number of rotatable bonds is 1. The second-order valence-electron chi connectivity index (χ2n) is 4.10. The zero-order valence-corrected chi connectivity index (χ0v) is 12.7. The van der Waals surface area contributed by atoms with Crippen molar-refractivity contribution in [1.29, 1.82) is 0 Å². The Bertz CT molecular complexity index is 744. The molecule has 3 aromatic rings. The minimum Gasteiger partial charge on any atom is -0.398 e. The van der Waals surface area contributed by atoms with Crippen LogP contribution in [0.1, 0.15) is 0 Å². The summed E-state index contributed by atoms with van der Waals surface area (Å²) >= 11 is 6.54. The van der Waals surface area contributed by atoms with Crippen LogP contribution in [0.25, 0.3) is 22.4 Å². The van der Waals surface area contributed by atoms with E-state index in [2.05, 4.69) is 41.8 Å². The van der Waals surface area contributed by atoms with Gasteiger partial charge in [-0.05, 0) is 40.2 Å². The van der Waals surface area contributed by atoms with Gasteiger partial charge in [-0.3, -0.25) is 0 Å². The first-order valence-electron chi connectivity index (χ1n) is 5.45. The predicted molar refractivity (Wildman–Crippen MR) is 81.3 cm³/mol. The monoisotopic (exact) mass is 383 g/mol. The van der Waals surface area contributed by atoms with E-state index in [9.17, 15) is 4.39 Å². The molecule has 3 rings (SSSR count). The number of anilines is 1. The van der Waals surface area contributed by atoms with Gasteiger partial charge in [0.25, 0.3) is 0 Å². The lowest BCUT2D eigenvalue weighted by molar-refractivity contribution is 0.623. The molecule has 6 heteroatoms. The lowest BCUT2D eigenvalue weighted by Crippen LogP contribution is -1.91. The van der Waals surface area contributed by atoms with E-state index in [-0.39, 0.29) is 5.82 Å². The van der Waals surface area contributed by atoms with Gasteiger partial charge in [-0.2, -0.15) is 0 Å². The summed E-state index contributed by atoms with van der Waals surface area (Å²) in [5.74, 6) is 0.288. The van der Waals surface area contributed by atoms with Crippen molar-refractivity contribution in [2.45, 2.75) is 0 Å². The molecule has 96 valence electrons. The van der Waals surface area contributed by atoms with Crippen LogP contribution in [0.4, 0.5) is 10.1 Å². The molecule has 0 saturated heterocycles. The van der Waals surface area contributed by atoms with Crippen LogP contribution in [0, 0.1) is 5.82 Å². The van der Waals surface area contributed by atoms with Crippen LogP contribution in [-0.2, 0) is 0 Å². The van der Waals surface area contributed by atoms with Crippen LogP contribution in [0.2, 0.25) is 0 Å². The highest BCUT2D eigenvalue weighted by Gasteiger charge is 2.11. The standard InChI is InChI=1S/C13H8Br2FN3/c14-6-1-2-10(17)7(3-6)13-18-11-4-8(15)9(16)5-12(11)19-13/h1-5H,17H2,(H,18,19). The number of nitrogens with zero attached hydrogens (tertiary/aromatic N) is 1. The SMILES string of the molecule is Nc1ccc(Br)cc1-c1nc2cc(Br)c(F)cc2[nH]1.